The minimum Gasteiger partial charge on any atom is -0.512 e. The zero-order chi connectivity index (χ0) is 30.1. The third-order valence-electron chi connectivity index (χ3n) is 9.20. The molecule has 0 spiro atoms. The topological polar surface area (TPSA) is 50.2 Å². The Morgan fingerprint density at radius 2 is 1.46 bits per heavy atom. The Bertz CT molecular complexity index is 1280. The number of rotatable bonds is 11. The zero-order valence-electron chi connectivity index (χ0n) is 27.1. The molecule has 0 aliphatic carbocycles. The van der Waals surface area contributed by atoms with Crippen LogP contribution in [0.4, 0.5) is 0 Å². The molecule has 0 unspecified atom stereocenters. The van der Waals surface area contributed by atoms with Crippen molar-refractivity contribution in [3.8, 4) is 11.3 Å². The van der Waals surface area contributed by atoms with Crippen molar-refractivity contribution in [2.45, 2.75) is 114 Å². The second kappa shape index (κ2) is 16.4. The Balaban J connectivity index is 0.000000421. The summed E-state index contributed by atoms with van der Waals surface area (Å²) in [5, 5.41) is 11.4. The van der Waals surface area contributed by atoms with E-state index in [-0.39, 0.29) is 42.5 Å². The summed E-state index contributed by atoms with van der Waals surface area (Å²) in [4.78, 5) is 17.1. The summed E-state index contributed by atoms with van der Waals surface area (Å²) in [5.74, 6) is 0.862. The number of carbonyl (C=O) groups excluding carboxylic acids is 1. The first kappa shape index (κ1) is 36.7. The normalized spacial score (nSPS) is 12.1. The van der Waals surface area contributed by atoms with Gasteiger partial charge in [0.15, 0.2) is 5.78 Å². The fourth-order valence-corrected chi connectivity index (χ4v) is 5.12. The molecular weight excluding hydrogens is 683 g/mol. The summed E-state index contributed by atoms with van der Waals surface area (Å²) in [6.45, 7) is 20.9. The van der Waals surface area contributed by atoms with Gasteiger partial charge in [-0.25, -0.2) is 0 Å². The van der Waals surface area contributed by atoms with Gasteiger partial charge in [-0.15, -0.1) is 34.9 Å². The average Bonchev–Trinajstić information content (AvgIpc) is 2.96. The fraction of sp³-hybridized carbons (Fsp3) is 0.514. The number of hydrogen-bond acceptors (Lipinski definition) is 3. The molecule has 0 fully saturated rings. The zero-order valence-corrected chi connectivity index (χ0v) is 29.5. The Kier molecular flexibility index (Phi) is 14.7. The van der Waals surface area contributed by atoms with E-state index in [2.05, 4.69) is 76.2 Å². The minimum atomic E-state index is -0.337. The number of ketones is 1. The number of aliphatic hydroxyl groups excluding tert-OH is 1. The molecule has 0 amide bonds. The maximum Gasteiger partial charge on any atom is 0.164 e. The van der Waals surface area contributed by atoms with E-state index in [1.165, 1.54) is 28.2 Å². The average molecular weight is 735 g/mol. The van der Waals surface area contributed by atoms with Crippen molar-refractivity contribution in [2.24, 2.45) is 10.8 Å². The van der Waals surface area contributed by atoms with Gasteiger partial charge >= 0.3 is 0 Å². The molecule has 1 N–H and O–H groups in total. The first-order valence-corrected chi connectivity index (χ1v) is 15.3. The molecule has 0 bridgehead atoms. The number of hydrogen-bond donors (Lipinski definition) is 1. The Morgan fingerprint density at radius 1 is 0.902 bits per heavy atom. The van der Waals surface area contributed by atoms with Crippen molar-refractivity contribution >= 4 is 16.7 Å². The number of nitrogens with zero attached hydrogens (tertiary/aromatic N) is 1. The smallest absolute Gasteiger partial charge is 0.164 e. The number of para-hydroxylation sites is 1. The van der Waals surface area contributed by atoms with Crippen molar-refractivity contribution in [1.82, 2.24) is 4.98 Å². The van der Waals surface area contributed by atoms with Crippen LogP contribution in [-0.2, 0) is 24.9 Å². The number of aliphatic hydroxyl groups is 1. The third kappa shape index (κ3) is 9.10. The van der Waals surface area contributed by atoms with Crippen LogP contribution >= 0.6 is 0 Å². The largest absolute Gasteiger partial charge is 0.512 e. The summed E-state index contributed by atoms with van der Waals surface area (Å²) in [6, 6.07) is 18.6. The number of carbonyl (C=O) groups is 1. The molecule has 0 saturated heterocycles. The fourth-order valence-electron chi connectivity index (χ4n) is 5.12. The van der Waals surface area contributed by atoms with Crippen LogP contribution in [0, 0.1) is 30.7 Å². The number of pyridine rings is 1. The number of fused-ring (bicyclic) bond motifs is 1. The van der Waals surface area contributed by atoms with Gasteiger partial charge in [0.1, 0.15) is 5.76 Å². The quantitative estimate of drug-likeness (QED) is 0.121. The van der Waals surface area contributed by atoms with E-state index in [9.17, 15) is 9.90 Å². The first-order valence-electron chi connectivity index (χ1n) is 15.3. The molecule has 0 saturated carbocycles. The molecule has 3 rings (SSSR count). The monoisotopic (exact) mass is 735 g/mol. The number of aryl methyl sites for hydroxylation is 2. The van der Waals surface area contributed by atoms with Crippen LogP contribution in [0.15, 0.2) is 54.3 Å². The van der Waals surface area contributed by atoms with Crippen LogP contribution < -0.4 is 0 Å². The standard InChI is InChI=1S/C22H24N.C15H28O2.Ir/c1-5-17(6-2)20-14-22(18-12-15(3)11-16(4)13-18)23-21-10-8-7-9-19(20)21;1-7-14(5,8-2)12(16)11-13(17)15(6,9-3)10-4;/h7-12,14,17H,5-6H2,1-4H3;11,16H,7-10H2,1-6H3;/q-1;;/b;12-11-;. The summed E-state index contributed by atoms with van der Waals surface area (Å²) in [7, 11) is 0. The van der Waals surface area contributed by atoms with Gasteiger partial charge in [0.05, 0.1) is 5.52 Å². The van der Waals surface area contributed by atoms with E-state index in [4.69, 9.17) is 4.98 Å². The molecule has 0 aliphatic rings. The molecule has 0 atom stereocenters. The van der Waals surface area contributed by atoms with Crippen molar-refractivity contribution in [3.63, 3.8) is 0 Å². The van der Waals surface area contributed by atoms with Gasteiger partial charge in [0.25, 0.3) is 0 Å². The maximum atomic E-state index is 12.2. The molecule has 41 heavy (non-hydrogen) atoms. The third-order valence-corrected chi connectivity index (χ3v) is 9.20. The predicted octanol–water partition coefficient (Wildman–Crippen LogP) is 10.9. The van der Waals surface area contributed by atoms with Gasteiger partial charge in [-0.1, -0.05) is 93.5 Å². The molecule has 3 aromatic rings. The molecule has 227 valence electrons. The summed E-state index contributed by atoms with van der Waals surface area (Å²) >= 11 is 0. The van der Waals surface area contributed by atoms with Gasteiger partial charge in [0.2, 0.25) is 0 Å². The van der Waals surface area contributed by atoms with Crippen molar-refractivity contribution in [1.29, 1.82) is 0 Å². The van der Waals surface area contributed by atoms with E-state index in [1.807, 2.05) is 41.5 Å². The SMILES string of the molecule is CCC(C)(CC)C(=O)/C=C(\O)C(C)(CC)CC.CCC(CC)c1cc(-c2[c-]c(C)cc(C)c2)nc2ccccc12.[Ir]. The minimum absolute atomic E-state index is 0. The Hall–Kier alpha value is -2.29. The Labute approximate surface area is 263 Å². The predicted molar refractivity (Wildman–Crippen MR) is 172 cm³/mol. The summed E-state index contributed by atoms with van der Waals surface area (Å²) in [6.07, 6.45) is 7.06. The van der Waals surface area contributed by atoms with Crippen LogP contribution in [0.3, 0.4) is 0 Å². The molecule has 0 aliphatic heterocycles. The second-order valence-corrected chi connectivity index (χ2v) is 11.8. The van der Waals surface area contributed by atoms with Crippen LogP contribution in [0.2, 0.25) is 0 Å². The van der Waals surface area contributed by atoms with Crippen molar-refractivity contribution < 1.29 is 30.0 Å². The van der Waals surface area contributed by atoms with Crippen LogP contribution in [0.5, 0.6) is 0 Å². The van der Waals surface area contributed by atoms with Crippen LogP contribution in [0.25, 0.3) is 22.2 Å². The molecular formula is C37H52IrNO2-. The second-order valence-electron chi connectivity index (χ2n) is 11.8. The van der Waals surface area contributed by atoms with Crippen molar-refractivity contribution in [2.75, 3.05) is 0 Å². The summed E-state index contributed by atoms with van der Waals surface area (Å²) in [5.41, 5.74) is 6.46. The molecule has 1 heterocycles. The van der Waals surface area contributed by atoms with Crippen molar-refractivity contribution in [3.05, 3.63) is 77.1 Å². The van der Waals surface area contributed by atoms with E-state index in [0.717, 1.165) is 55.3 Å². The van der Waals surface area contributed by atoms with Gasteiger partial charge in [-0.2, -0.15) is 0 Å². The van der Waals surface area contributed by atoms with E-state index < -0.39 is 0 Å². The van der Waals surface area contributed by atoms with Crippen LogP contribution in [-0.4, -0.2) is 15.9 Å². The maximum absolute atomic E-state index is 12.2. The first-order chi connectivity index (χ1) is 18.9. The van der Waals surface area contributed by atoms with Gasteiger partial charge < -0.3 is 5.11 Å². The van der Waals surface area contributed by atoms with Gasteiger partial charge in [-0.05, 0) is 61.8 Å². The molecule has 2 aromatic carbocycles. The Morgan fingerprint density at radius 3 is 1.98 bits per heavy atom. The molecule has 1 radical (unpaired) electrons. The van der Waals surface area contributed by atoms with E-state index in [1.54, 1.807) is 0 Å². The molecule has 4 heteroatoms. The van der Waals surface area contributed by atoms with Gasteiger partial charge in [-0.3, -0.25) is 9.78 Å². The molecule has 3 nitrogen and oxygen atoms in total. The summed E-state index contributed by atoms with van der Waals surface area (Å²) < 4.78 is 0. The number of aromatic nitrogens is 1. The van der Waals surface area contributed by atoms with Crippen LogP contribution in [0.1, 0.15) is 117 Å². The number of allylic oxidation sites excluding steroid dienone is 2. The molecule has 1 aromatic heterocycles. The number of benzene rings is 2. The van der Waals surface area contributed by atoms with E-state index >= 15 is 0 Å². The van der Waals surface area contributed by atoms with E-state index in [0.29, 0.717) is 5.92 Å². The van der Waals surface area contributed by atoms with Gasteiger partial charge in [0, 0.05) is 42.4 Å².